The lowest BCUT2D eigenvalue weighted by atomic mass is 10.2. The highest BCUT2D eigenvalue weighted by atomic mass is 35.5. The molecule has 0 saturated carbocycles. The van der Waals surface area contributed by atoms with Crippen molar-refractivity contribution < 1.29 is 17.9 Å². The SMILES string of the molecule is COc1ccc(N(CC(=O)NCCSCc2cccc(Cl)c2)S(=O)(=O)c2ccc(C)cc2)cc1. The molecule has 0 radical (unpaired) electrons. The fraction of sp³-hybridized carbons (Fsp3) is 0.240. The van der Waals surface area contributed by atoms with E-state index in [2.05, 4.69) is 5.32 Å². The Bertz CT molecular complexity index is 1200. The Balaban J connectivity index is 1.65. The van der Waals surface area contributed by atoms with Crippen molar-refractivity contribution in [3.05, 3.63) is 88.9 Å². The molecule has 1 N–H and O–H groups in total. The molecule has 0 spiro atoms. The summed E-state index contributed by atoms with van der Waals surface area (Å²) in [5.74, 6) is 1.68. The number of hydrogen-bond donors (Lipinski definition) is 1. The van der Waals surface area contributed by atoms with Crippen molar-refractivity contribution in [2.75, 3.05) is 30.3 Å². The van der Waals surface area contributed by atoms with Crippen LogP contribution in [0.15, 0.2) is 77.7 Å². The summed E-state index contributed by atoms with van der Waals surface area (Å²) in [4.78, 5) is 12.8. The highest BCUT2D eigenvalue weighted by molar-refractivity contribution is 7.98. The summed E-state index contributed by atoms with van der Waals surface area (Å²) >= 11 is 7.67. The Hall–Kier alpha value is -2.68. The topological polar surface area (TPSA) is 75.7 Å². The van der Waals surface area contributed by atoms with E-state index >= 15 is 0 Å². The van der Waals surface area contributed by atoms with Crippen molar-refractivity contribution in [1.29, 1.82) is 0 Å². The van der Waals surface area contributed by atoms with Crippen molar-refractivity contribution >= 4 is 45.0 Å². The highest BCUT2D eigenvalue weighted by Gasteiger charge is 2.27. The predicted molar refractivity (Wildman–Crippen MR) is 139 cm³/mol. The standard InChI is InChI=1S/C25H27ClN2O4S2/c1-19-6-12-24(13-7-19)34(30,31)28(22-8-10-23(32-2)11-9-22)17-25(29)27-14-15-33-18-20-4-3-5-21(26)16-20/h3-13,16H,14-15,17-18H2,1-2H3,(H,27,29). The van der Waals surface area contributed by atoms with Gasteiger partial charge >= 0.3 is 0 Å². The number of benzene rings is 3. The number of thioether (sulfide) groups is 1. The van der Waals surface area contributed by atoms with E-state index in [4.69, 9.17) is 16.3 Å². The Morgan fingerprint density at radius 2 is 1.76 bits per heavy atom. The van der Waals surface area contributed by atoms with Gasteiger partial charge in [0.2, 0.25) is 5.91 Å². The third-order valence-corrected chi connectivity index (χ3v) is 8.04. The highest BCUT2D eigenvalue weighted by Crippen LogP contribution is 2.26. The molecule has 0 saturated heterocycles. The quantitative estimate of drug-likeness (QED) is 0.365. The van der Waals surface area contributed by atoms with Crippen LogP contribution in [0.2, 0.25) is 5.02 Å². The van der Waals surface area contributed by atoms with Crippen molar-refractivity contribution in [3.8, 4) is 5.75 Å². The lowest BCUT2D eigenvalue weighted by molar-refractivity contribution is -0.119. The van der Waals surface area contributed by atoms with Crippen molar-refractivity contribution in [1.82, 2.24) is 5.32 Å². The molecule has 6 nitrogen and oxygen atoms in total. The number of hydrogen-bond acceptors (Lipinski definition) is 5. The second-order valence-corrected chi connectivity index (χ2v) is 11.0. The molecule has 9 heteroatoms. The van der Waals surface area contributed by atoms with Crippen LogP contribution in [-0.4, -0.2) is 40.3 Å². The first-order valence-electron chi connectivity index (χ1n) is 10.6. The molecule has 0 aliphatic carbocycles. The molecule has 0 bridgehead atoms. The van der Waals surface area contributed by atoms with Crippen LogP contribution in [0.5, 0.6) is 5.75 Å². The van der Waals surface area contributed by atoms with Crippen molar-refractivity contribution in [2.24, 2.45) is 0 Å². The minimum absolute atomic E-state index is 0.124. The molecule has 0 aromatic heterocycles. The van der Waals surface area contributed by atoms with Gasteiger partial charge < -0.3 is 10.1 Å². The number of ether oxygens (including phenoxy) is 1. The molecule has 3 aromatic rings. The molecule has 0 atom stereocenters. The van der Waals surface area contributed by atoms with Crippen LogP contribution in [0.4, 0.5) is 5.69 Å². The fourth-order valence-electron chi connectivity index (χ4n) is 3.17. The largest absolute Gasteiger partial charge is 0.497 e. The van der Waals surface area contributed by atoms with Crippen molar-refractivity contribution in [2.45, 2.75) is 17.6 Å². The van der Waals surface area contributed by atoms with E-state index in [1.54, 1.807) is 60.3 Å². The predicted octanol–water partition coefficient (Wildman–Crippen LogP) is 4.90. The summed E-state index contributed by atoms with van der Waals surface area (Å²) in [6, 6.07) is 20.8. The molecule has 0 aliphatic rings. The smallest absolute Gasteiger partial charge is 0.264 e. The molecule has 3 aromatic carbocycles. The first-order valence-corrected chi connectivity index (χ1v) is 13.6. The lowest BCUT2D eigenvalue weighted by Crippen LogP contribution is -2.41. The number of halogens is 1. The van der Waals surface area contributed by atoms with E-state index < -0.39 is 10.0 Å². The van der Waals surface area contributed by atoms with Gasteiger partial charge in [-0.2, -0.15) is 11.8 Å². The number of aryl methyl sites for hydroxylation is 1. The number of carbonyl (C=O) groups excluding carboxylic acids is 1. The number of carbonyl (C=O) groups is 1. The van der Waals surface area contributed by atoms with Gasteiger partial charge in [0.25, 0.3) is 10.0 Å². The van der Waals surface area contributed by atoms with Crippen molar-refractivity contribution in [3.63, 3.8) is 0 Å². The zero-order valence-electron chi connectivity index (χ0n) is 19.0. The maximum Gasteiger partial charge on any atom is 0.264 e. The molecule has 0 heterocycles. The van der Waals surface area contributed by atoms with E-state index in [-0.39, 0.29) is 17.3 Å². The van der Waals surface area contributed by atoms with Gasteiger partial charge in [0.1, 0.15) is 12.3 Å². The molecule has 0 aliphatic heterocycles. The molecule has 0 unspecified atom stereocenters. The van der Waals surface area contributed by atoms with Gasteiger partial charge in [-0.25, -0.2) is 8.42 Å². The second kappa shape index (κ2) is 12.1. The molecular formula is C25H27ClN2O4S2. The Kier molecular flexibility index (Phi) is 9.27. The minimum atomic E-state index is -3.95. The van der Waals surface area contributed by atoms with Crippen LogP contribution in [-0.2, 0) is 20.6 Å². The summed E-state index contributed by atoms with van der Waals surface area (Å²) in [7, 11) is -2.41. The zero-order valence-corrected chi connectivity index (χ0v) is 21.4. The van der Waals surface area contributed by atoms with E-state index in [0.717, 1.165) is 21.2 Å². The van der Waals surface area contributed by atoms with Gasteiger partial charge in [-0.05, 0) is 61.0 Å². The molecule has 180 valence electrons. The number of amides is 1. The third kappa shape index (κ3) is 7.16. The van der Waals surface area contributed by atoms with E-state index in [0.29, 0.717) is 28.8 Å². The normalized spacial score (nSPS) is 11.1. The number of anilines is 1. The lowest BCUT2D eigenvalue weighted by Gasteiger charge is -2.24. The number of rotatable bonds is 11. The Labute approximate surface area is 210 Å². The average molecular weight is 519 g/mol. The molecule has 0 fully saturated rings. The van der Waals surface area contributed by atoms with Crippen LogP contribution in [0.1, 0.15) is 11.1 Å². The van der Waals surface area contributed by atoms with E-state index in [1.165, 1.54) is 7.11 Å². The maximum atomic E-state index is 13.4. The molecule has 34 heavy (non-hydrogen) atoms. The Morgan fingerprint density at radius 3 is 2.41 bits per heavy atom. The summed E-state index contributed by atoms with van der Waals surface area (Å²) in [5.41, 5.74) is 2.44. The van der Waals surface area contributed by atoms with Gasteiger partial charge in [0.15, 0.2) is 0 Å². The monoisotopic (exact) mass is 518 g/mol. The maximum absolute atomic E-state index is 13.4. The first kappa shape index (κ1) is 25.9. The molecule has 3 rings (SSSR count). The number of nitrogens with zero attached hydrogens (tertiary/aromatic N) is 1. The van der Waals surface area contributed by atoms with Crippen LogP contribution in [0, 0.1) is 6.92 Å². The fourth-order valence-corrected chi connectivity index (χ4v) is 5.61. The van der Waals surface area contributed by atoms with E-state index in [1.807, 2.05) is 31.2 Å². The van der Waals surface area contributed by atoms with Gasteiger partial charge in [0, 0.05) is 23.1 Å². The van der Waals surface area contributed by atoms with Crippen LogP contribution in [0.3, 0.4) is 0 Å². The number of nitrogens with one attached hydrogen (secondary N) is 1. The zero-order chi connectivity index (χ0) is 24.6. The Morgan fingerprint density at radius 1 is 1.06 bits per heavy atom. The second-order valence-electron chi connectivity index (χ2n) is 7.56. The van der Waals surface area contributed by atoms with Gasteiger partial charge in [-0.1, -0.05) is 41.4 Å². The summed E-state index contributed by atoms with van der Waals surface area (Å²) < 4.78 is 33.1. The average Bonchev–Trinajstić information content (AvgIpc) is 2.82. The van der Waals surface area contributed by atoms with Gasteiger partial charge in [0.05, 0.1) is 17.7 Å². The van der Waals surface area contributed by atoms with Crippen LogP contribution < -0.4 is 14.4 Å². The third-order valence-electron chi connectivity index (χ3n) is 4.98. The van der Waals surface area contributed by atoms with Gasteiger partial charge in [-0.3, -0.25) is 9.10 Å². The summed E-state index contributed by atoms with van der Waals surface area (Å²) in [6.07, 6.45) is 0. The minimum Gasteiger partial charge on any atom is -0.497 e. The molecule has 1 amide bonds. The number of methoxy groups -OCH3 is 1. The van der Waals surface area contributed by atoms with Crippen LogP contribution in [0.25, 0.3) is 0 Å². The first-order chi connectivity index (χ1) is 16.3. The van der Waals surface area contributed by atoms with Crippen LogP contribution >= 0.6 is 23.4 Å². The summed E-state index contributed by atoms with van der Waals surface area (Å²) in [6.45, 7) is 1.97. The van der Waals surface area contributed by atoms with Gasteiger partial charge in [-0.15, -0.1) is 0 Å². The summed E-state index contributed by atoms with van der Waals surface area (Å²) in [5, 5.41) is 3.51. The van der Waals surface area contributed by atoms with E-state index in [9.17, 15) is 13.2 Å². The number of sulfonamides is 1. The molecular weight excluding hydrogens is 492 g/mol.